The molecule has 0 saturated carbocycles. The Morgan fingerprint density at radius 3 is 2.43 bits per heavy atom. The molecule has 1 unspecified atom stereocenters. The molecule has 2 heterocycles. The van der Waals surface area contributed by atoms with E-state index in [2.05, 4.69) is 10.2 Å². The van der Waals surface area contributed by atoms with Gasteiger partial charge in [-0.15, -0.1) is 10.2 Å². The molecular formula is C23H19N3O3S. The molecule has 3 aromatic carbocycles. The molecular weight excluding hydrogens is 398 g/mol. The monoisotopic (exact) mass is 417 g/mol. The van der Waals surface area contributed by atoms with E-state index in [0.29, 0.717) is 22.5 Å². The quantitative estimate of drug-likeness (QED) is 0.466. The second-order valence-electron chi connectivity index (χ2n) is 6.78. The summed E-state index contributed by atoms with van der Waals surface area (Å²) in [6.45, 7) is 0.225. The lowest BCUT2D eigenvalue weighted by molar-refractivity contribution is 0.174. The average Bonchev–Trinajstić information content (AvgIpc) is 3.45. The molecule has 0 amide bonds. The van der Waals surface area contributed by atoms with Crippen molar-refractivity contribution >= 4 is 11.8 Å². The predicted octanol–water partition coefficient (Wildman–Crippen LogP) is 4.49. The van der Waals surface area contributed by atoms with Gasteiger partial charge in [-0.3, -0.25) is 4.57 Å². The normalized spacial score (nSPS) is 13.4. The fraction of sp³-hybridized carbons (Fsp3) is 0.130. The highest BCUT2D eigenvalue weighted by Gasteiger charge is 2.20. The van der Waals surface area contributed by atoms with E-state index in [4.69, 9.17) is 9.47 Å². The number of aliphatic hydroxyl groups excluding tert-OH is 1. The number of thioether (sulfide) groups is 1. The van der Waals surface area contributed by atoms with Crippen molar-refractivity contribution in [1.82, 2.24) is 14.8 Å². The third-order valence-corrected chi connectivity index (χ3v) is 5.84. The molecule has 150 valence electrons. The van der Waals surface area contributed by atoms with Gasteiger partial charge in [-0.25, -0.2) is 0 Å². The minimum absolute atomic E-state index is 0.225. The maximum atomic E-state index is 10.6. The number of rotatable bonds is 6. The molecule has 1 aliphatic rings. The maximum absolute atomic E-state index is 10.6. The topological polar surface area (TPSA) is 69.4 Å². The van der Waals surface area contributed by atoms with E-state index in [9.17, 15) is 5.11 Å². The van der Waals surface area contributed by atoms with Gasteiger partial charge in [-0.1, -0.05) is 60.3 Å². The minimum atomic E-state index is -0.592. The molecule has 0 radical (unpaired) electrons. The van der Waals surface area contributed by atoms with Crippen LogP contribution in [-0.2, 0) is 0 Å². The average molecular weight is 417 g/mol. The van der Waals surface area contributed by atoms with Crippen LogP contribution >= 0.6 is 11.8 Å². The van der Waals surface area contributed by atoms with Crippen molar-refractivity contribution in [3.8, 4) is 28.6 Å². The van der Waals surface area contributed by atoms with E-state index in [1.165, 1.54) is 11.8 Å². The van der Waals surface area contributed by atoms with Crippen LogP contribution in [0.1, 0.15) is 11.7 Å². The molecule has 0 bridgehead atoms. The van der Waals surface area contributed by atoms with Crippen molar-refractivity contribution in [2.24, 2.45) is 0 Å². The number of hydrogen-bond donors (Lipinski definition) is 1. The molecule has 7 heteroatoms. The fourth-order valence-corrected chi connectivity index (χ4v) is 4.24. The van der Waals surface area contributed by atoms with E-state index in [1.54, 1.807) is 0 Å². The number of aromatic nitrogens is 3. The lowest BCUT2D eigenvalue weighted by Gasteiger charge is -2.13. The van der Waals surface area contributed by atoms with Crippen molar-refractivity contribution < 1.29 is 14.6 Å². The summed E-state index contributed by atoms with van der Waals surface area (Å²) in [6, 6.07) is 25.3. The first kappa shape index (κ1) is 18.7. The first-order valence-electron chi connectivity index (χ1n) is 9.56. The second kappa shape index (κ2) is 8.22. The van der Waals surface area contributed by atoms with Crippen LogP contribution in [0.2, 0.25) is 0 Å². The zero-order valence-corrected chi connectivity index (χ0v) is 16.8. The van der Waals surface area contributed by atoms with Crippen LogP contribution in [-0.4, -0.2) is 32.4 Å². The summed E-state index contributed by atoms with van der Waals surface area (Å²) < 4.78 is 12.9. The van der Waals surface area contributed by atoms with E-state index in [-0.39, 0.29) is 6.79 Å². The SMILES string of the molecule is OC(CSc1nnc(-c2ccc3c(c2)OCO3)n1-c1ccccc1)c1ccccc1. The van der Waals surface area contributed by atoms with Crippen molar-refractivity contribution in [2.75, 3.05) is 12.5 Å². The van der Waals surface area contributed by atoms with Crippen LogP contribution in [0.15, 0.2) is 84.0 Å². The minimum Gasteiger partial charge on any atom is -0.454 e. The Morgan fingerprint density at radius 2 is 1.63 bits per heavy atom. The molecule has 5 rings (SSSR count). The number of para-hydroxylation sites is 1. The Labute approximate surface area is 178 Å². The Hall–Kier alpha value is -3.29. The highest BCUT2D eigenvalue weighted by Crippen LogP contribution is 2.37. The van der Waals surface area contributed by atoms with Gasteiger partial charge >= 0.3 is 0 Å². The largest absolute Gasteiger partial charge is 0.454 e. The summed E-state index contributed by atoms with van der Waals surface area (Å²) >= 11 is 1.47. The number of ether oxygens (including phenoxy) is 2. The van der Waals surface area contributed by atoms with Crippen molar-refractivity contribution in [3.63, 3.8) is 0 Å². The number of aliphatic hydroxyl groups is 1. The number of nitrogens with zero attached hydrogens (tertiary/aromatic N) is 3. The third kappa shape index (κ3) is 3.65. The molecule has 30 heavy (non-hydrogen) atoms. The highest BCUT2D eigenvalue weighted by atomic mass is 32.2. The molecule has 1 aliphatic heterocycles. The van der Waals surface area contributed by atoms with E-state index >= 15 is 0 Å². The van der Waals surface area contributed by atoms with Gasteiger partial charge in [-0.05, 0) is 35.9 Å². The summed E-state index contributed by atoms with van der Waals surface area (Å²) in [5.41, 5.74) is 2.71. The predicted molar refractivity (Wildman–Crippen MR) is 115 cm³/mol. The lowest BCUT2D eigenvalue weighted by atomic mass is 10.1. The molecule has 0 fully saturated rings. The molecule has 0 spiro atoms. The van der Waals surface area contributed by atoms with Crippen LogP contribution in [0, 0.1) is 0 Å². The summed E-state index contributed by atoms with van der Waals surface area (Å²) in [4.78, 5) is 0. The molecule has 1 aromatic heterocycles. The van der Waals surface area contributed by atoms with Gasteiger partial charge in [0.2, 0.25) is 6.79 Å². The van der Waals surface area contributed by atoms with Gasteiger partial charge in [-0.2, -0.15) is 0 Å². The maximum Gasteiger partial charge on any atom is 0.231 e. The van der Waals surface area contributed by atoms with Crippen LogP contribution in [0.3, 0.4) is 0 Å². The summed E-state index contributed by atoms with van der Waals surface area (Å²) in [5.74, 6) is 2.60. The number of fused-ring (bicyclic) bond motifs is 1. The lowest BCUT2D eigenvalue weighted by Crippen LogP contribution is -2.03. The van der Waals surface area contributed by atoms with Gasteiger partial charge in [0.1, 0.15) is 0 Å². The Morgan fingerprint density at radius 1 is 0.900 bits per heavy atom. The number of hydrogen-bond acceptors (Lipinski definition) is 6. The molecule has 6 nitrogen and oxygen atoms in total. The van der Waals surface area contributed by atoms with Crippen LogP contribution in [0.25, 0.3) is 17.1 Å². The summed E-state index contributed by atoms with van der Waals surface area (Å²) in [7, 11) is 0. The van der Waals surface area contributed by atoms with Crippen molar-refractivity contribution in [1.29, 1.82) is 0 Å². The zero-order valence-electron chi connectivity index (χ0n) is 16.0. The Balaban J connectivity index is 1.49. The van der Waals surface area contributed by atoms with Crippen LogP contribution in [0.5, 0.6) is 11.5 Å². The molecule has 0 saturated heterocycles. The van der Waals surface area contributed by atoms with Crippen molar-refractivity contribution in [3.05, 3.63) is 84.4 Å². The number of benzene rings is 3. The Bertz CT molecular complexity index is 1150. The van der Waals surface area contributed by atoms with Gasteiger partial charge in [0, 0.05) is 17.0 Å². The van der Waals surface area contributed by atoms with E-state index in [1.807, 2.05) is 83.4 Å². The van der Waals surface area contributed by atoms with E-state index in [0.717, 1.165) is 22.6 Å². The van der Waals surface area contributed by atoms with Crippen LogP contribution in [0.4, 0.5) is 0 Å². The summed E-state index contributed by atoms with van der Waals surface area (Å²) in [6.07, 6.45) is -0.592. The standard InChI is InChI=1S/C23H19N3O3S/c27-19(16-7-3-1-4-8-16)14-30-23-25-24-22(26(23)18-9-5-2-6-10-18)17-11-12-20-21(13-17)29-15-28-20/h1-13,19,27H,14-15H2. The van der Waals surface area contributed by atoms with Gasteiger partial charge in [0.05, 0.1) is 6.10 Å². The first-order valence-corrected chi connectivity index (χ1v) is 10.5. The molecule has 1 atom stereocenters. The highest BCUT2D eigenvalue weighted by molar-refractivity contribution is 7.99. The smallest absolute Gasteiger partial charge is 0.231 e. The molecule has 4 aromatic rings. The van der Waals surface area contributed by atoms with Gasteiger partial charge < -0.3 is 14.6 Å². The Kier molecular flexibility index (Phi) is 5.13. The summed E-state index contributed by atoms with van der Waals surface area (Å²) in [5, 5.41) is 20.2. The second-order valence-corrected chi connectivity index (χ2v) is 7.77. The first-order chi connectivity index (χ1) is 14.8. The third-order valence-electron chi connectivity index (χ3n) is 4.83. The van der Waals surface area contributed by atoms with E-state index < -0.39 is 6.10 Å². The molecule has 0 aliphatic carbocycles. The van der Waals surface area contributed by atoms with Gasteiger partial charge in [0.25, 0.3) is 0 Å². The van der Waals surface area contributed by atoms with Gasteiger partial charge in [0.15, 0.2) is 22.5 Å². The molecule has 1 N–H and O–H groups in total. The van der Waals surface area contributed by atoms with Crippen molar-refractivity contribution in [2.45, 2.75) is 11.3 Å². The fourth-order valence-electron chi connectivity index (χ4n) is 3.32. The zero-order chi connectivity index (χ0) is 20.3. The van der Waals surface area contributed by atoms with Crippen LogP contribution < -0.4 is 9.47 Å².